The van der Waals surface area contributed by atoms with Crippen molar-refractivity contribution in [2.24, 2.45) is 14.1 Å². The lowest BCUT2D eigenvalue weighted by Gasteiger charge is -1.94. The molecule has 102 valence electrons. The summed E-state index contributed by atoms with van der Waals surface area (Å²) in [5.41, 5.74) is 1.80. The van der Waals surface area contributed by atoms with Crippen LogP contribution >= 0.6 is 11.8 Å². The van der Waals surface area contributed by atoms with Gasteiger partial charge in [-0.1, -0.05) is 18.7 Å². The van der Waals surface area contributed by atoms with E-state index in [1.54, 1.807) is 16.4 Å². The Morgan fingerprint density at radius 1 is 1.37 bits per heavy atom. The molecule has 2 aromatic heterocycles. The largest absolute Gasteiger partial charge is 0.481 e. The van der Waals surface area contributed by atoms with Gasteiger partial charge in [0, 0.05) is 14.1 Å². The number of hydrogen-bond donors (Lipinski definition) is 1. The first-order valence-corrected chi connectivity index (χ1v) is 6.78. The van der Waals surface area contributed by atoms with Crippen LogP contribution < -0.4 is 0 Å². The van der Waals surface area contributed by atoms with Gasteiger partial charge in [-0.15, -0.1) is 5.10 Å². The lowest BCUT2D eigenvalue weighted by molar-refractivity contribution is -0.133. The van der Waals surface area contributed by atoms with E-state index < -0.39 is 5.97 Å². The quantitative estimate of drug-likeness (QED) is 0.821. The van der Waals surface area contributed by atoms with Crippen LogP contribution in [0.5, 0.6) is 0 Å². The molecule has 19 heavy (non-hydrogen) atoms. The molecule has 2 aromatic rings. The van der Waals surface area contributed by atoms with Crippen LogP contribution in [0.15, 0.2) is 11.2 Å². The zero-order valence-electron chi connectivity index (χ0n) is 11.0. The predicted octanol–water partition coefficient (Wildman–Crippen LogP) is 0.955. The molecule has 0 atom stereocenters. The van der Waals surface area contributed by atoms with Crippen LogP contribution in [0, 0.1) is 0 Å². The Balaban J connectivity index is 2.28. The minimum absolute atomic E-state index is 0.0302. The van der Waals surface area contributed by atoms with Crippen LogP contribution in [0.25, 0.3) is 11.5 Å². The smallest absolute Gasteiger partial charge is 0.313 e. The normalized spacial score (nSPS) is 10.9. The van der Waals surface area contributed by atoms with Crippen molar-refractivity contribution in [3.63, 3.8) is 0 Å². The van der Waals surface area contributed by atoms with E-state index in [0.717, 1.165) is 29.6 Å². The molecule has 8 heteroatoms. The number of nitrogens with zero attached hydrogens (tertiary/aromatic N) is 5. The Bertz CT molecular complexity index is 604. The molecule has 0 saturated heterocycles. The number of carboxylic acid groups (broad SMARTS) is 1. The molecule has 2 rings (SSSR count). The Kier molecular flexibility index (Phi) is 3.89. The molecule has 2 heterocycles. The highest BCUT2D eigenvalue weighted by Crippen LogP contribution is 2.21. The fourth-order valence-electron chi connectivity index (χ4n) is 1.64. The van der Waals surface area contributed by atoms with Crippen molar-refractivity contribution in [2.45, 2.75) is 18.5 Å². The average Bonchev–Trinajstić information content (AvgIpc) is 2.90. The zero-order valence-corrected chi connectivity index (χ0v) is 11.8. The van der Waals surface area contributed by atoms with Gasteiger partial charge in [-0.2, -0.15) is 10.1 Å². The minimum atomic E-state index is -0.872. The van der Waals surface area contributed by atoms with Gasteiger partial charge in [0.15, 0.2) is 11.0 Å². The number of rotatable bonds is 5. The lowest BCUT2D eigenvalue weighted by Crippen LogP contribution is -2.00. The van der Waals surface area contributed by atoms with Crippen LogP contribution in [-0.2, 0) is 25.3 Å². The second-order valence-electron chi connectivity index (χ2n) is 4.02. The Hall–Kier alpha value is -1.83. The van der Waals surface area contributed by atoms with Gasteiger partial charge in [0.2, 0.25) is 0 Å². The minimum Gasteiger partial charge on any atom is -0.481 e. The predicted molar refractivity (Wildman–Crippen MR) is 70.9 cm³/mol. The Morgan fingerprint density at radius 3 is 2.68 bits per heavy atom. The topological polar surface area (TPSA) is 85.8 Å². The van der Waals surface area contributed by atoms with Crippen LogP contribution in [0.2, 0.25) is 0 Å². The summed E-state index contributed by atoms with van der Waals surface area (Å²) in [6, 6.07) is 1.95. The van der Waals surface area contributed by atoms with Gasteiger partial charge in [0.25, 0.3) is 0 Å². The second kappa shape index (κ2) is 5.43. The van der Waals surface area contributed by atoms with Gasteiger partial charge in [-0.05, 0) is 12.5 Å². The zero-order chi connectivity index (χ0) is 14.0. The molecular formula is C11H15N5O2S. The first-order valence-electron chi connectivity index (χ1n) is 5.80. The maximum absolute atomic E-state index is 10.6. The summed E-state index contributed by atoms with van der Waals surface area (Å²) in [5.74, 6) is -0.342. The molecule has 0 saturated carbocycles. The summed E-state index contributed by atoms with van der Waals surface area (Å²) >= 11 is 1.15. The van der Waals surface area contributed by atoms with Crippen LogP contribution in [0.3, 0.4) is 0 Å². The Morgan fingerprint density at radius 2 is 2.11 bits per heavy atom. The molecule has 0 aliphatic carbocycles. The van der Waals surface area contributed by atoms with Gasteiger partial charge in [-0.25, -0.2) is 4.68 Å². The van der Waals surface area contributed by atoms with Crippen LogP contribution in [0.4, 0.5) is 0 Å². The first-order chi connectivity index (χ1) is 9.01. The van der Waals surface area contributed by atoms with Crippen molar-refractivity contribution in [1.29, 1.82) is 0 Å². The SMILES string of the molecule is CCc1cc(-c2nc(SCC(=O)O)n(C)n2)n(C)n1. The third-order valence-electron chi connectivity index (χ3n) is 2.57. The molecule has 0 radical (unpaired) electrons. The monoisotopic (exact) mass is 281 g/mol. The molecule has 0 bridgehead atoms. The van der Waals surface area contributed by atoms with Crippen LogP contribution in [0.1, 0.15) is 12.6 Å². The number of aliphatic carboxylic acids is 1. The number of carboxylic acids is 1. The summed E-state index contributed by atoms with van der Waals surface area (Å²) in [7, 11) is 3.59. The summed E-state index contributed by atoms with van der Waals surface area (Å²) < 4.78 is 3.32. The third kappa shape index (κ3) is 2.95. The van der Waals surface area contributed by atoms with Crippen molar-refractivity contribution in [1.82, 2.24) is 24.5 Å². The maximum Gasteiger partial charge on any atom is 0.313 e. The maximum atomic E-state index is 10.6. The molecule has 0 amide bonds. The molecule has 0 aliphatic rings. The highest BCUT2D eigenvalue weighted by atomic mass is 32.2. The molecule has 1 N–H and O–H groups in total. The van der Waals surface area contributed by atoms with Gasteiger partial charge in [-0.3, -0.25) is 9.48 Å². The first kappa shape index (κ1) is 13.6. The molecule has 7 nitrogen and oxygen atoms in total. The van der Waals surface area contributed by atoms with Gasteiger partial charge < -0.3 is 5.11 Å². The molecule has 0 aliphatic heterocycles. The van der Waals surface area contributed by atoms with Gasteiger partial charge in [0.05, 0.1) is 11.4 Å². The van der Waals surface area contributed by atoms with Crippen molar-refractivity contribution in [3.05, 3.63) is 11.8 Å². The molecule has 0 aromatic carbocycles. The summed E-state index contributed by atoms with van der Waals surface area (Å²) in [5, 5.41) is 17.9. The highest BCUT2D eigenvalue weighted by molar-refractivity contribution is 7.99. The summed E-state index contributed by atoms with van der Waals surface area (Å²) in [6.45, 7) is 2.03. The standard InChI is InChI=1S/C11H15N5O2S/c1-4-7-5-8(15(2)13-7)10-12-11(16(3)14-10)19-6-9(17)18/h5H,4,6H2,1-3H3,(H,17,18). The van der Waals surface area contributed by atoms with E-state index in [2.05, 4.69) is 15.2 Å². The Labute approximate surface area is 114 Å². The number of carbonyl (C=O) groups is 1. The number of aromatic nitrogens is 5. The molecule has 0 spiro atoms. The van der Waals surface area contributed by atoms with Crippen LogP contribution in [-0.4, -0.2) is 41.4 Å². The van der Waals surface area contributed by atoms with Crippen molar-refractivity contribution in [2.75, 3.05) is 5.75 Å². The van der Waals surface area contributed by atoms with E-state index in [1.165, 1.54) is 0 Å². The number of hydrogen-bond acceptors (Lipinski definition) is 5. The van der Waals surface area contributed by atoms with E-state index >= 15 is 0 Å². The number of thioether (sulfide) groups is 1. The van der Waals surface area contributed by atoms with Gasteiger partial charge in [0.1, 0.15) is 5.69 Å². The summed E-state index contributed by atoms with van der Waals surface area (Å²) in [4.78, 5) is 14.9. The van der Waals surface area contributed by atoms with E-state index in [1.807, 2.05) is 20.0 Å². The highest BCUT2D eigenvalue weighted by Gasteiger charge is 2.15. The fraction of sp³-hybridized carbons (Fsp3) is 0.455. The number of aryl methyl sites for hydroxylation is 3. The van der Waals surface area contributed by atoms with Crippen molar-refractivity contribution < 1.29 is 9.90 Å². The third-order valence-corrected chi connectivity index (χ3v) is 3.57. The van der Waals surface area contributed by atoms with E-state index in [-0.39, 0.29) is 5.75 Å². The van der Waals surface area contributed by atoms with Gasteiger partial charge >= 0.3 is 5.97 Å². The molecule has 0 fully saturated rings. The van der Waals surface area contributed by atoms with E-state index in [0.29, 0.717) is 11.0 Å². The van der Waals surface area contributed by atoms with Crippen molar-refractivity contribution >= 4 is 17.7 Å². The summed E-state index contributed by atoms with van der Waals surface area (Å²) in [6.07, 6.45) is 0.849. The van der Waals surface area contributed by atoms with E-state index in [9.17, 15) is 4.79 Å². The van der Waals surface area contributed by atoms with E-state index in [4.69, 9.17) is 5.11 Å². The fourth-order valence-corrected chi connectivity index (χ4v) is 2.27. The molecule has 0 unspecified atom stereocenters. The second-order valence-corrected chi connectivity index (χ2v) is 4.96. The van der Waals surface area contributed by atoms with Crippen molar-refractivity contribution in [3.8, 4) is 11.5 Å². The average molecular weight is 281 g/mol. The lowest BCUT2D eigenvalue weighted by atomic mass is 10.3. The molecular weight excluding hydrogens is 266 g/mol.